The second-order valence-electron chi connectivity index (χ2n) is 20.3. The summed E-state index contributed by atoms with van der Waals surface area (Å²) in [5, 5.41) is 7.77. The van der Waals surface area contributed by atoms with E-state index >= 15 is 0 Å². The van der Waals surface area contributed by atoms with Crippen LogP contribution in [0.4, 0.5) is 10.2 Å². The number of pyridine rings is 3. The molecule has 0 unspecified atom stereocenters. The summed E-state index contributed by atoms with van der Waals surface area (Å²) in [5.41, 5.74) is 10.2. The molecule has 0 fully saturated rings. The number of anilines is 1. The average molecular weight is 1150 g/mol. The van der Waals surface area contributed by atoms with Crippen LogP contribution in [0.5, 0.6) is 0 Å². The van der Waals surface area contributed by atoms with Crippen LogP contribution >= 0.6 is 11.3 Å². The highest BCUT2D eigenvalue weighted by Crippen LogP contribution is 2.46. The fourth-order valence-corrected chi connectivity index (χ4v) is 12.4. The lowest BCUT2D eigenvalue weighted by molar-refractivity contribution is -0.107. The first-order chi connectivity index (χ1) is 42.6. The van der Waals surface area contributed by atoms with E-state index in [9.17, 15) is 9.18 Å². The standard InChI is InChI=1S/C42H36FN9S.C29H23N3O/c43-34-17-10-22-46-35(34)27-48-40-39-41(50-29-49-40)53-38(51-39)21-26-45-25-20-37-47-28-36(30-18-23-44-24-19-30)52(37)42(31-11-4-1-5-12-31,32-13-6-2-7-14-32)33-15-8-3-9-16-33;33-21-18-28-31-22-27(23-16-19-30-20-17-23)32(28)29(24-10-4-1-5-11-24,25-12-6-2-7-13-25)26-14-8-3-9-15-26/h1-19,22-24,28-29,45H,20-21,25-27H2,(H,48,49,50);1-17,19-22H,18H2. The molecule has 0 radical (unpaired) electrons. The van der Waals surface area contributed by atoms with Gasteiger partial charge in [-0.15, -0.1) is 0 Å². The van der Waals surface area contributed by atoms with Gasteiger partial charge in [-0.3, -0.25) is 15.0 Å². The van der Waals surface area contributed by atoms with Crippen LogP contribution in [0.15, 0.2) is 268 Å². The van der Waals surface area contributed by atoms with Crippen molar-refractivity contribution in [2.24, 2.45) is 0 Å². The Labute approximate surface area is 502 Å². The van der Waals surface area contributed by atoms with Crippen molar-refractivity contribution in [3.05, 3.63) is 330 Å². The van der Waals surface area contributed by atoms with Gasteiger partial charge in [0.25, 0.3) is 0 Å². The molecule has 422 valence electrons. The molecule has 0 saturated carbocycles. The molecule has 0 bridgehead atoms. The number of imidazole rings is 2. The van der Waals surface area contributed by atoms with Gasteiger partial charge in [0.2, 0.25) is 0 Å². The fraction of sp³-hybridized carbons (Fsp3) is 0.113. The third kappa shape index (κ3) is 11.4. The van der Waals surface area contributed by atoms with Crippen LogP contribution in [0.3, 0.4) is 0 Å². The zero-order valence-corrected chi connectivity index (χ0v) is 47.7. The maximum atomic E-state index is 14.2. The number of nitrogens with zero attached hydrogens (tertiary/aromatic N) is 10. The van der Waals surface area contributed by atoms with Crippen LogP contribution < -0.4 is 10.6 Å². The molecule has 0 aliphatic carbocycles. The van der Waals surface area contributed by atoms with E-state index in [2.05, 4.69) is 208 Å². The molecule has 0 saturated heterocycles. The van der Waals surface area contributed by atoms with E-state index in [0.717, 1.165) is 77.8 Å². The SMILES string of the molecule is Fc1cccnc1CNc1ncnc2sc(CCNCCc3ncc(-c4ccncc4)n3C(c3ccccc3)(c3ccccc3)c3ccccc3)nc12.O=CCc1ncc(-c2ccncc2)n1C(c1ccccc1)(c1ccccc1)c1ccccc1. The minimum absolute atomic E-state index is 0.200. The molecule has 6 aromatic carbocycles. The first kappa shape index (κ1) is 56.0. The highest BCUT2D eigenvalue weighted by molar-refractivity contribution is 7.18. The monoisotopic (exact) mass is 1150 g/mol. The third-order valence-electron chi connectivity index (χ3n) is 15.2. The normalized spacial score (nSPS) is 11.5. The van der Waals surface area contributed by atoms with Gasteiger partial charge in [-0.25, -0.2) is 29.3 Å². The van der Waals surface area contributed by atoms with Gasteiger partial charge < -0.3 is 24.6 Å². The second-order valence-corrected chi connectivity index (χ2v) is 21.3. The number of aromatic nitrogens is 10. The lowest BCUT2D eigenvalue weighted by atomic mass is 9.76. The number of rotatable bonds is 21. The molecule has 13 nitrogen and oxygen atoms in total. The van der Waals surface area contributed by atoms with Crippen molar-refractivity contribution in [1.29, 1.82) is 0 Å². The van der Waals surface area contributed by atoms with Gasteiger partial charge in [-0.2, -0.15) is 0 Å². The molecule has 7 heterocycles. The van der Waals surface area contributed by atoms with E-state index in [4.69, 9.17) is 15.0 Å². The minimum atomic E-state index is -0.739. The molecule has 0 atom stereocenters. The summed E-state index contributed by atoms with van der Waals surface area (Å²) in [6.07, 6.45) is 16.7. The Morgan fingerprint density at radius 2 is 0.919 bits per heavy atom. The molecule has 7 aromatic heterocycles. The Hall–Kier alpha value is -10.5. The predicted molar refractivity (Wildman–Crippen MR) is 337 cm³/mol. The molecular formula is C71H59FN12OS. The molecule has 13 rings (SSSR count). The lowest BCUT2D eigenvalue weighted by Crippen LogP contribution is -2.40. The van der Waals surface area contributed by atoms with Crippen molar-refractivity contribution in [3.8, 4) is 22.5 Å². The number of benzene rings is 6. The first-order valence-corrected chi connectivity index (χ1v) is 29.2. The Balaban J connectivity index is 0.000000188. The molecule has 0 aliphatic rings. The number of halogens is 1. The molecule has 2 N–H and O–H groups in total. The van der Waals surface area contributed by atoms with E-state index in [0.29, 0.717) is 48.8 Å². The number of fused-ring (bicyclic) bond motifs is 1. The molecule has 13 aromatic rings. The van der Waals surface area contributed by atoms with Crippen LogP contribution in [0.25, 0.3) is 32.9 Å². The number of carbonyl (C=O) groups is 1. The Morgan fingerprint density at radius 3 is 1.37 bits per heavy atom. The highest BCUT2D eigenvalue weighted by Gasteiger charge is 2.43. The van der Waals surface area contributed by atoms with Crippen LogP contribution in [0.2, 0.25) is 0 Å². The van der Waals surface area contributed by atoms with Crippen molar-refractivity contribution in [2.45, 2.75) is 36.9 Å². The number of hydrogen-bond donors (Lipinski definition) is 2. The second kappa shape index (κ2) is 26.4. The first-order valence-electron chi connectivity index (χ1n) is 28.4. The summed E-state index contributed by atoms with van der Waals surface area (Å²) >= 11 is 1.54. The fourth-order valence-electron chi connectivity index (χ4n) is 11.5. The molecule has 15 heteroatoms. The number of hydrogen-bond acceptors (Lipinski definition) is 12. The van der Waals surface area contributed by atoms with Gasteiger partial charge in [0, 0.05) is 68.0 Å². The zero-order valence-electron chi connectivity index (χ0n) is 46.9. The Morgan fingerprint density at radius 1 is 0.477 bits per heavy atom. The van der Waals surface area contributed by atoms with E-state index in [1.165, 1.54) is 23.7 Å². The molecular weight excluding hydrogens is 1090 g/mol. The third-order valence-corrected chi connectivity index (χ3v) is 16.3. The number of thiazole rings is 1. The zero-order chi connectivity index (χ0) is 58.4. The summed E-state index contributed by atoms with van der Waals surface area (Å²) in [7, 11) is 0. The molecule has 86 heavy (non-hydrogen) atoms. The summed E-state index contributed by atoms with van der Waals surface area (Å²) < 4.78 is 18.8. The Kier molecular flexibility index (Phi) is 17.2. The van der Waals surface area contributed by atoms with Crippen LogP contribution in [0.1, 0.15) is 55.7 Å². The van der Waals surface area contributed by atoms with Crippen molar-refractivity contribution < 1.29 is 9.18 Å². The van der Waals surface area contributed by atoms with E-state index in [1.807, 2.05) is 67.3 Å². The van der Waals surface area contributed by atoms with Crippen molar-refractivity contribution >= 4 is 33.8 Å². The maximum Gasteiger partial charge on any atom is 0.157 e. The summed E-state index contributed by atoms with van der Waals surface area (Å²) in [6.45, 7) is 1.62. The Bertz CT molecular complexity index is 4080. The molecule has 0 aliphatic heterocycles. The largest absolute Gasteiger partial charge is 0.362 e. The van der Waals surface area contributed by atoms with Gasteiger partial charge in [0.15, 0.2) is 5.82 Å². The van der Waals surface area contributed by atoms with E-state index in [-0.39, 0.29) is 18.8 Å². The van der Waals surface area contributed by atoms with Gasteiger partial charge in [0.05, 0.1) is 47.4 Å². The highest BCUT2D eigenvalue weighted by atomic mass is 32.1. The van der Waals surface area contributed by atoms with E-state index < -0.39 is 11.1 Å². The van der Waals surface area contributed by atoms with Gasteiger partial charge in [-0.05, 0) is 69.8 Å². The lowest BCUT2D eigenvalue weighted by Gasteiger charge is -2.40. The summed E-state index contributed by atoms with van der Waals surface area (Å²) in [5.74, 6) is 1.85. The van der Waals surface area contributed by atoms with Crippen molar-refractivity contribution in [3.63, 3.8) is 0 Å². The molecule has 0 spiro atoms. The quantitative estimate of drug-likeness (QED) is 0.0401. The molecule has 0 amide bonds. The smallest absolute Gasteiger partial charge is 0.157 e. The van der Waals surface area contributed by atoms with Gasteiger partial charge >= 0.3 is 0 Å². The number of carbonyl (C=O) groups excluding carboxylic acids is 1. The van der Waals surface area contributed by atoms with Crippen molar-refractivity contribution in [2.75, 3.05) is 18.4 Å². The van der Waals surface area contributed by atoms with Crippen LogP contribution in [-0.2, 0) is 41.7 Å². The van der Waals surface area contributed by atoms with Crippen LogP contribution in [0, 0.1) is 5.82 Å². The average Bonchev–Trinajstić information content (AvgIpc) is 1.60. The maximum absolute atomic E-state index is 14.2. The topological polar surface area (TPSA) is 154 Å². The van der Waals surface area contributed by atoms with Crippen LogP contribution in [-0.4, -0.2) is 68.4 Å². The summed E-state index contributed by atoms with van der Waals surface area (Å²) in [4.78, 5) is 48.7. The minimum Gasteiger partial charge on any atom is -0.362 e. The number of aldehydes is 1. The van der Waals surface area contributed by atoms with Gasteiger partial charge in [0.1, 0.15) is 51.5 Å². The number of nitrogens with one attached hydrogen (secondary N) is 2. The summed E-state index contributed by atoms with van der Waals surface area (Å²) in [6, 6.07) is 74.3. The van der Waals surface area contributed by atoms with E-state index in [1.54, 1.807) is 24.7 Å². The van der Waals surface area contributed by atoms with Crippen molar-refractivity contribution in [1.82, 2.24) is 54.3 Å². The van der Waals surface area contributed by atoms with Gasteiger partial charge in [-0.1, -0.05) is 193 Å². The predicted octanol–water partition coefficient (Wildman–Crippen LogP) is 13.2.